The van der Waals surface area contributed by atoms with Crippen LogP contribution in [0.4, 0.5) is 0 Å². The minimum atomic E-state index is -1.67. The number of nitrogens with one attached hydrogen (secondary N) is 5. The molecule has 56 heavy (non-hydrogen) atoms. The summed E-state index contributed by atoms with van der Waals surface area (Å²) >= 11 is 0. The highest BCUT2D eigenvalue weighted by molar-refractivity contribution is 5.96. The lowest BCUT2D eigenvalue weighted by Crippen LogP contribution is -2.62. The van der Waals surface area contributed by atoms with Crippen LogP contribution in [0.15, 0.2) is 0 Å². The highest BCUT2D eigenvalue weighted by Crippen LogP contribution is 2.13. The van der Waals surface area contributed by atoms with Crippen molar-refractivity contribution in [2.45, 2.75) is 192 Å². The predicted octanol–water partition coefficient (Wildman–Crippen LogP) is 0.988. The molecule has 0 rings (SSSR count). The van der Waals surface area contributed by atoms with Gasteiger partial charge in [-0.05, 0) is 71.9 Å². The summed E-state index contributed by atoms with van der Waals surface area (Å²) in [6.45, 7) is 4.43. The van der Waals surface area contributed by atoms with Gasteiger partial charge in [-0.25, -0.2) is 4.79 Å². The molecule has 326 valence electrons. The molecule has 7 unspecified atom stereocenters. The van der Waals surface area contributed by atoms with Crippen LogP contribution in [0.5, 0.6) is 0 Å². The number of rotatable bonds is 35. The third-order valence-electron chi connectivity index (χ3n) is 9.61. The summed E-state index contributed by atoms with van der Waals surface area (Å²) in [5, 5.41) is 51.6. The lowest BCUT2D eigenvalue weighted by Gasteiger charge is -2.29. The highest BCUT2D eigenvalue weighted by atomic mass is 16.4. The van der Waals surface area contributed by atoms with Crippen molar-refractivity contribution in [2.75, 3.05) is 19.7 Å². The van der Waals surface area contributed by atoms with Crippen LogP contribution in [0.3, 0.4) is 0 Å². The van der Waals surface area contributed by atoms with Gasteiger partial charge in [-0.2, -0.15) is 0 Å². The van der Waals surface area contributed by atoms with Crippen LogP contribution in [0, 0.1) is 0 Å². The molecule has 13 N–H and O–H groups in total. The van der Waals surface area contributed by atoms with Crippen LogP contribution in [-0.4, -0.2) is 118 Å². The molecule has 0 spiro atoms. The maximum Gasteiger partial charge on any atom is 0.328 e. The first kappa shape index (κ1) is 52.6. The Morgan fingerprint density at radius 3 is 1.29 bits per heavy atom. The van der Waals surface area contributed by atoms with Gasteiger partial charge in [0.05, 0.1) is 18.8 Å². The lowest BCUT2D eigenvalue weighted by molar-refractivity contribution is -0.143. The number of nitrogens with two attached hydrogens (primary N) is 2. The first-order valence-corrected chi connectivity index (χ1v) is 20.8. The van der Waals surface area contributed by atoms with E-state index in [2.05, 4.69) is 33.5 Å². The Balaban J connectivity index is 5.38. The van der Waals surface area contributed by atoms with E-state index in [9.17, 15) is 49.2 Å². The van der Waals surface area contributed by atoms with Crippen LogP contribution in [0.25, 0.3) is 0 Å². The molecule has 0 aliphatic heterocycles. The van der Waals surface area contributed by atoms with Gasteiger partial charge in [0, 0.05) is 6.42 Å². The number of carbonyl (C=O) groups is 6. The van der Waals surface area contributed by atoms with Crippen molar-refractivity contribution in [2.24, 2.45) is 11.5 Å². The maximum absolute atomic E-state index is 13.5. The fourth-order valence-electron chi connectivity index (χ4n) is 6.12. The Kier molecular flexibility index (Phi) is 30.7. The number of aliphatic hydroxyl groups excluding tert-OH is 3. The average Bonchev–Trinajstić information content (AvgIpc) is 3.15. The number of carboxylic acids is 1. The molecule has 7 atom stereocenters. The third-order valence-corrected chi connectivity index (χ3v) is 9.61. The largest absolute Gasteiger partial charge is 0.480 e. The Bertz CT molecular complexity index is 1130. The van der Waals surface area contributed by atoms with Crippen molar-refractivity contribution in [1.82, 2.24) is 26.6 Å². The number of hydrogen-bond donors (Lipinski definition) is 11. The summed E-state index contributed by atoms with van der Waals surface area (Å²) < 4.78 is 0. The summed E-state index contributed by atoms with van der Waals surface area (Å²) in [6.07, 6.45) is 14.6. The van der Waals surface area contributed by atoms with Crippen molar-refractivity contribution >= 4 is 35.5 Å². The van der Waals surface area contributed by atoms with Crippen LogP contribution in [0.1, 0.15) is 149 Å². The molecule has 5 amide bonds. The minimum absolute atomic E-state index is 0.0238. The number of amides is 5. The monoisotopic (exact) mass is 802 g/mol. The van der Waals surface area contributed by atoms with Crippen LogP contribution >= 0.6 is 0 Å². The number of aliphatic hydroxyl groups is 3. The van der Waals surface area contributed by atoms with Crippen molar-refractivity contribution in [3.63, 3.8) is 0 Å². The SMILES string of the molecule is CCCCCCCCCCCCCCCC(=O)NC(CCCCN)C(=O)NC(C(=O)NC(C(=O)NC(CCCCN)C(=O)NC(CO)C(=O)O)C(C)O)C(C)O. The van der Waals surface area contributed by atoms with E-state index in [1.165, 1.54) is 71.6 Å². The maximum atomic E-state index is 13.5. The molecule has 0 aromatic carbocycles. The average molecular weight is 802 g/mol. The van der Waals surface area contributed by atoms with Crippen molar-refractivity contribution in [3.05, 3.63) is 0 Å². The number of carbonyl (C=O) groups excluding carboxylic acids is 5. The second-order valence-corrected chi connectivity index (χ2v) is 14.8. The predicted molar refractivity (Wildman–Crippen MR) is 214 cm³/mol. The molecular formula is C39H75N7O10. The van der Waals surface area contributed by atoms with E-state index in [1.54, 1.807) is 0 Å². The molecule has 0 fully saturated rings. The molecule has 0 bridgehead atoms. The molecule has 0 saturated carbocycles. The number of hydrogen-bond acceptors (Lipinski definition) is 11. The summed E-state index contributed by atoms with van der Waals surface area (Å²) in [5.74, 6) is -5.49. The number of unbranched alkanes of at least 4 members (excludes halogenated alkanes) is 14. The Labute approximate surface area is 333 Å². The minimum Gasteiger partial charge on any atom is -0.480 e. The molecule has 0 radical (unpaired) electrons. The molecule has 0 saturated heterocycles. The molecule has 17 heteroatoms. The van der Waals surface area contributed by atoms with E-state index in [-0.39, 0.29) is 31.7 Å². The Morgan fingerprint density at radius 2 is 0.875 bits per heavy atom. The van der Waals surface area contributed by atoms with Crippen molar-refractivity contribution in [1.29, 1.82) is 0 Å². The van der Waals surface area contributed by atoms with Gasteiger partial charge in [0.15, 0.2) is 0 Å². The zero-order valence-corrected chi connectivity index (χ0v) is 34.2. The Hall–Kier alpha value is -3.38. The number of aliphatic carboxylic acids is 1. The standard InChI is InChI=1S/C39H75N7O10/c1-4-5-6-7-8-9-10-11-12-13-14-15-16-23-32(50)42-29(21-17-19-24-40)36(52)45-34(28(3)49)38(54)46-33(27(2)48)37(53)43-30(22-18-20-25-41)35(51)44-31(26-47)39(55)56/h27-31,33-34,47-49H,4-26,40-41H2,1-3H3,(H,42,50)(H,43,53)(H,44,51)(H,45,52)(H,46,54)(H,55,56). The van der Waals surface area contributed by atoms with E-state index in [4.69, 9.17) is 11.5 Å². The van der Waals surface area contributed by atoms with Gasteiger partial charge >= 0.3 is 5.97 Å². The molecule has 0 aromatic rings. The first-order valence-electron chi connectivity index (χ1n) is 20.8. The van der Waals surface area contributed by atoms with Gasteiger partial charge in [-0.15, -0.1) is 0 Å². The topological polar surface area (TPSA) is 296 Å². The highest BCUT2D eigenvalue weighted by Gasteiger charge is 2.35. The van der Waals surface area contributed by atoms with Crippen LogP contribution in [-0.2, 0) is 28.8 Å². The summed E-state index contributed by atoms with van der Waals surface area (Å²) in [5.41, 5.74) is 11.2. The van der Waals surface area contributed by atoms with Gasteiger partial charge < -0.3 is 58.5 Å². The van der Waals surface area contributed by atoms with Crippen molar-refractivity contribution < 1.29 is 49.2 Å². The number of carboxylic acid groups (broad SMARTS) is 1. The van der Waals surface area contributed by atoms with E-state index >= 15 is 0 Å². The zero-order valence-electron chi connectivity index (χ0n) is 34.2. The molecule has 0 aliphatic rings. The van der Waals surface area contributed by atoms with Crippen molar-refractivity contribution in [3.8, 4) is 0 Å². The van der Waals surface area contributed by atoms with Gasteiger partial charge in [-0.1, -0.05) is 84.0 Å². The molecule has 0 heterocycles. The fourth-order valence-corrected chi connectivity index (χ4v) is 6.12. The van der Waals surface area contributed by atoms with E-state index in [0.29, 0.717) is 38.6 Å². The molecule has 0 aliphatic carbocycles. The van der Waals surface area contributed by atoms with Crippen LogP contribution < -0.4 is 38.1 Å². The van der Waals surface area contributed by atoms with E-state index in [0.717, 1.165) is 19.3 Å². The summed E-state index contributed by atoms with van der Waals surface area (Å²) in [6, 6.07) is -7.25. The molecule has 0 aromatic heterocycles. The fraction of sp³-hybridized carbons (Fsp3) is 0.846. The normalized spacial score (nSPS) is 15.0. The van der Waals surface area contributed by atoms with Gasteiger partial charge in [0.25, 0.3) is 0 Å². The first-order chi connectivity index (χ1) is 26.7. The summed E-state index contributed by atoms with van der Waals surface area (Å²) in [7, 11) is 0. The molecule has 17 nitrogen and oxygen atoms in total. The molecular weight excluding hydrogens is 726 g/mol. The second kappa shape index (κ2) is 32.7. The quantitative estimate of drug-likeness (QED) is 0.0400. The van der Waals surface area contributed by atoms with Crippen LogP contribution in [0.2, 0.25) is 0 Å². The van der Waals surface area contributed by atoms with Gasteiger partial charge in [0.2, 0.25) is 29.5 Å². The summed E-state index contributed by atoms with van der Waals surface area (Å²) in [4.78, 5) is 77.3. The zero-order chi connectivity index (χ0) is 42.3. The Morgan fingerprint density at radius 1 is 0.500 bits per heavy atom. The second-order valence-electron chi connectivity index (χ2n) is 14.8. The third kappa shape index (κ3) is 24.3. The van der Waals surface area contributed by atoms with Gasteiger partial charge in [0.1, 0.15) is 30.2 Å². The smallest absolute Gasteiger partial charge is 0.328 e. The van der Waals surface area contributed by atoms with Gasteiger partial charge in [-0.3, -0.25) is 24.0 Å². The van der Waals surface area contributed by atoms with E-state index in [1.807, 2.05) is 0 Å². The lowest BCUT2D eigenvalue weighted by atomic mass is 10.0. The van der Waals surface area contributed by atoms with E-state index < -0.39 is 78.6 Å².